The highest BCUT2D eigenvalue weighted by Gasteiger charge is 2.33. The minimum atomic E-state index is -0.904. The van der Waals surface area contributed by atoms with Gasteiger partial charge in [-0.2, -0.15) is 0 Å². The van der Waals surface area contributed by atoms with Crippen LogP contribution >= 0.6 is 0 Å². The van der Waals surface area contributed by atoms with Gasteiger partial charge in [0.1, 0.15) is 37.7 Å². The first-order valence-electron chi connectivity index (χ1n) is 9.42. The van der Waals surface area contributed by atoms with Crippen LogP contribution in [0.4, 0.5) is 0 Å². The summed E-state index contributed by atoms with van der Waals surface area (Å²) in [6.07, 6.45) is 0. The lowest BCUT2D eigenvalue weighted by molar-refractivity contribution is -1.06. The number of quaternary nitrogens is 2. The van der Waals surface area contributed by atoms with Crippen LogP contribution in [-0.4, -0.2) is 28.6 Å². The van der Waals surface area contributed by atoms with Crippen molar-refractivity contribution in [2.45, 2.75) is 26.2 Å². The maximum absolute atomic E-state index is 13.6. The monoisotopic (exact) mass is 399 g/mol. The molecule has 8 nitrogen and oxygen atoms in total. The molecule has 0 aliphatic carbocycles. The number of benzene rings is 2. The largest absolute Gasteiger partial charge is 0.632 e. The molecule has 2 heterocycles. The fourth-order valence-corrected chi connectivity index (χ4v) is 4.27. The van der Waals surface area contributed by atoms with E-state index in [1.165, 1.54) is 0 Å². The van der Waals surface area contributed by atoms with Gasteiger partial charge in [0.2, 0.25) is 0 Å². The summed E-state index contributed by atoms with van der Waals surface area (Å²) in [5, 5.41) is 33.9. The van der Waals surface area contributed by atoms with Gasteiger partial charge in [0.15, 0.2) is 0 Å². The van der Waals surface area contributed by atoms with Gasteiger partial charge in [-0.05, 0) is 36.4 Å². The van der Waals surface area contributed by atoms with E-state index in [9.17, 15) is 10.4 Å². The van der Waals surface area contributed by atoms with Gasteiger partial charge in [-0.25, -0.2) is 10.4 Å². The Morgan fingerprint density at radius 3 is 2.62 bits per heavy atom. The number of nitrogens with one attached hydrogen (secondary N) is 1. The second kappa shape index (κ2) is 7.33. The summed E-state index contributed by atoms with van der Waals surface area (Å²) in [4.78, 5) is 0. The molecule has 0 amide bonds. The molecule has 2 aromatic carbocycles. The van der Waals surface area contributed by atoms with Crippen molar-refractivity contribution in [3.8, 4) is 11.5 Å². The van der Waals surface area contributed by atoms with Gasteiger partial charge in [-0.1, -0.05) is 0 Å². The SMILES string of the molecule is COc1ccc2c(c1)cc(C[N+]1([O-])Cc3cc(C[NH+]([O-])O)cc(OC)c3C1)n2C. The highest BCUT2D eigenvalue weighted by atomic mass is 16.8. The third-order valence-corrected chi connectivity index (χ3v) is 5.64. The molecule has 0 fully saturated rings. The summed E-state index contributed by atoms with van der Waals surface area (Å²) in [6, 6.07) is 11.5. The molecular formula is C21H25N3O5. The zero-order chi connectivity index (χ0) is 20.8. The number of ether oxygens (including phenoxy) is 2. The molecule has 29 heavy (non-hydrogen) atoms. The highest BCUT2D eigenvalue weighted by Crippen LogP contribution is 2.38. The van der Waals surface area contributed by atoms with E-state index in [4.69, 9.17) is 14.7 Å². The standard InChI is InChI=1S/C21H25N3O5/c1-22-17(8-15-9-18(28-2)4-5-20(15)22)12-24(27)11-16-6-14(10-23(25)26)7-21(29-3)19(16)13-24/h4-9,23,25H,10-13H2,1-3H3. The van der Waals surface area contributed by atoms with E-state index in [1.807, 2.05) is 41.9 Å². The normalized spacial score (nSPS) is 19.4. The van der Waals surface area contributed by atoms with Gasteiger partial charge < -0.3 is 29.1 Å². The molecule has 1 aliphatic heterocycles. The first kappa shape index (κ1) is 19.7. The molecule has 3 aromatic rings. The van der Waals surface area contributed by atoms with E-state index in [1.54, 1.807) is 20.3 Å². The van der Waals surface area contributed by atoms with E-state index in [0.717, 1.165) is 33.5 Å². The van der Waals surface area contributed by atoms with Crippen LogP contribution in [0, 0.1) is 10.4 Å². The van der Waals surface area contributed by atoms with Crippen LogP contribution in [0.5, 0.6) is 11.5 Å². The van der Waals surface area contributed by atoms with E-state index in [2.05, 4.69) is 0 Å². The molecule has 2 unspecified atom stereocenters. The molecule has 0 saturated carbocycles. The highest BCUT2D eigenvalue weighted by molar-refractivity contribution is 5.82. The fraction of sp³-hybridized carbons (Fsp3) is 0.333. The van der Waals surface area contributed by atoms with E-state index in [0.29, 0.717) is 30.9 Å². The number of rotatable bonds is 6. The smallest absolute Gasteiger partial charge is 0.132 e. The minimum absolute atomic E-state index is 0.0898. The number of fused-ring (bicyclic) bond motifs is 2. The maximum Gasteiger partial charge on any atom is 0.132 e. The summed E-state index contributed by atoms with van der Waals surface area (Å²) in [5.74, 6) is 1.38. The predicted molar refractivity (Wildman–Crippen MR) is 107 cm³/mol. The molecule has 0 saturated heterocycles. The van der Waals surface area contributed by atoms with Crippen molar-refractivity contribution < 1.29 is 24.6 Å². The molecule has 1 aliphatic rings. The number of methoxy groups -OCH3 is 2. The Balaban J connectivity index is 1.64. The molecule has 4 rings (SSSR count). The van der Waals surface area contributed by atoms with Gasteiger partial charge in [-0.3, -0.25) is 0 Å². The van der Waals surface area contributed by atoms with Crippen LogP contribution in [0.3, 0.4) is 0 Å². The molecule has 2 N–H and O–H groups in total. The second-order valence-electron chi connectivity index (χ2n) is 7.66. The Labute approximate surface area is 168 Å². The lowest BCUT2D eigenvalue weighted by atomic mass is 10.1. The zero-order valence-corrected chi connectivity index (χ0v) is 16.8. The number of nitrogens with zero attached hydrogens (tertiary/aromatic N) is 2. The van der Waals surface area contributed by atoms with Crippen molar-refractivity contribution >= 4 is 10.9 Å². The topological polar surface area (TPSA) is 94.2 Å². The molecule has 1 aromatic heterocycles. The number of hydrogen-bond donors (Lipinski definition) is 2. The van der Waals surface area contributed by atoms with Crippen molar-refractivity contribution in [3.05, 3.63) is 69.2 Å². The molecule has 0 spiro atoms. The average molecular weight is 399 g/mol. The third-order valence-electron chi connectivity index (χ3n) is 5.64. The first-order chi connectivity index (χ1) is 13.8. The summed E-state index contributed by atoms with van der Waals surface area (Å²) in [5.41, 5.74) is 4.39. The number of aryl methyl sites for hydroxylation is 1. The van der Waals surface area contributed by atoms with E-state index >= 15 is 0 Å². The van der Waals surface area contributed by atoms with Crippen molar-refractivity contribution in [1.29, 1.82) is 0 Å². The van der Waals surface area contributed by atoms with Gasteiger partial charge in [0.25, 0.3) is 0 Å². The van der Waals surface area contributed by atoms with E-state index in [-0.39, 0.29) is 6.54 Å². The fourth-order valence-electron chi connectivity index (χ4n) is 4.27. The Hall–Kier alpha value is -2.62. The van der Waals surface area contributed by atoms with Crippen LogP contribution < -0.4 is 14.7 Å². The molecule has 2 atom stereocenters. The van der Waals surface area contributed by atoms with Crippen LogP contribution in [0.25, 0.3) is 10.9 Å². The second-order valence-corrected chi connectivity index (χ2v) is 7.66. The number of aromatic nitrogens is 1. The van der Waals surface area contributed by atoms with E-state index < -0.39 is 9.87 Å². The summed E-state index contributed by atoms with van der Waals surface area (Å²) < 4.78 is 12.4. The Bertz CT molecular complexity index is 1060. The number of hydrogen-bond acceptors (Lipinski definition) is 5. The van der Waals surface area contributed by atoms with Crippen molar-refractivity contribution in [3.63, 3.8) is 0 Å². The van der Waals surface area contributed by atoms with Crippen molar-refractivity contribution in [1.82, 2.24) is 4.57 Å². The summed E-state index contributed by atoms with van der Waals surface area (Å²) in [7, 11) is 5.15. The Morgan fingerprint density at radius 2 is 1.93 bits per heavy atom. The van der Waals surface area contributed by atoms with Crippen molar-refractivity contribution in [2.24, 2.45) is 7.05 Å². The van der Waals surface area contributed by atoms with Crippen LogP contribution in [0.15, 0.2) is 36.4 Å². The lowest BCUT2D eigenvalue weighted by Gasteiger charge is -2.38. The van der Waals surface area contributed by atoms with Crippen molar-refractivity contribution in [2.75, 3.05) is 14.2 Å². The molecule has 154 valence electrons. The lowest BCUT2D eigenvalue weighted by Crippen LogP contribution is -3.03. The minimum Gasteiger partial charge on any atom is -0.632 e. The van der Waals surface area contributed by atoms with Gasteiger partial charge in [0, 0.05) is 29.1 Å². The maximum atomic E-state index is 13.6. The molecule has 0 bridgehead atoms. The van der Waals surface area contributed by atoms with Gasteiger partial charge in [-0.15, -0.1) is 0 Å². The van der Waals surface area contributed by atoms with Crippen LogP contribution in [-0.2, 0) is 33.2 Å². The van der Waals surface area contributed by atoms with Gasteiger partial charge in [0.05, 0.1) is 25.5 Å². The number of hydroxylamine groups is 5. The van der Waals surface area contributed by atoms with Crippen LogP contribution in [0.2, 0.25) is 0 Å². The zero-order valence-electron chi connectivity index (χ0n) is 16.8. The average Bonchev–Trinajstić information content (AvgIpc) is 3.16. The summed E-state index contributed by atoms with van der Waals surface area (Å²) >= 11 is 0. The molecule has 8 heteroatoms. The van der Waals surface area contributed by atoms with Gasteiger partial charge >= 0.3 is 0 Å². The Morgan fingerprint density at radius 1 is 1.14 bits per heavy atom. The van der Waals surface area contributed by atoms with Crippen LogP contribution in [0.1, 0.15) is 22.4 Å². The molecule has 0 radical (unpaired) electrons. The first-order valence-corrected chi connectivity index (χ1v) is 9.42. The molecular weight excluding hydrogens is 374 g/mol. The Kier molecular flexibility index (Phi) is 4.97. The summed E-state index contributed by atoms with van der Waals surface area (Å²) in [6.45, 7) is 0.827. The quantitative estimate of drug-likeness (QED) is 0.376. The third kappa shape index (κ3) is 3.68. The predicted octanol–water partition coefficient (Wildman–Crippen LogP) is 2.00.